The summed E-state index contributed by atoms with van der Waals surface area (Å²) in [4.78, 5) is 25.8. The predicted octanol–water partition coefficient (Wildman–Crippen LogP) is 2.30. The fourth-order valence-corrected chi connectivity index (χ4v) is 3.05. The van der Waals surface area contributed by atoms with E-state index in [1.54, 1.807) is 11.3 Å². The van der Waals surface area contributed by atoms with E-state index in [0.717, 1.165) is 4.88 Å². The first-order valence-corrected chi connectivity index (χ1v) is 8.04. The van der Waals surface area contributed by atoms with E-state index < -0.39 is 23.2 Å². The molecule has 0 aliphatic carbocycles. The van der Waals surface area contributed by atoms with Gasteiger partial charge in [-0.1, -0.05) is 6.07 Å². The summed E-state index contributed by atoms with van der Waals surface area (Å²) < 4.78 is 5.30. The van der Waals surface area contributed by atoms with Gasteiger partial charge in [0.05, 0.1) is 12.0 Å². The highest BCUT2D eigenvalue weighted by Crippen LogP contribution is 2.27. The van der Waals surface area contributed by atoms with Gasteiger partial charge in [0.25, 0.3) is 0 Å². The number of thiophene rings is 1. The van der Waals surface area contributed by atoms with Gasteiger partial charge in [0, 0.05) is 24.5 Å². The van der Waals surface area contributed by atoms with Gasteiger partial charge in [-0.15, -0.1) is 11.3 Å². The number of amides is 1. The summed E-state index contributed by atoms with van der Waals surface area (Å²) in [5, 5.41) is 14.4. The fourth-order valence-electron chi connectivity index (χ4n) is 2.40. The van der Waals surface area contributed by atoms with Crippen LogP contribution in [-0.2, 0) is 16.1 Å². The second-order valence-electron chi connectivity index (χ2n) is 6.62. The maximum absolute atomic E-state index is 12.0. The van der Waals surface area contributed by atoms with Crippen LogP contribution in [0.4, 0.5) is 4.79 Å². The number of carboxylic acid groups (broad SMARTS) is 1. The van der Waals surface area contributed by atoms with Crippen LogP contribution in [0.2, 0.25) is 0 Å². The second kappa shape index (κ2) is 6.26. The molecule has 0 atom stereocenters. The number of likely N-dealkylation sites (tertiary alicyclic amines) is 1. The first kappa shape index (κ1) is 16.8. The molecular formula is C15H22N2O4S. The molecule has 2 heterocycles. The maximum Gasteiger partial charge on any atom is 0.410 e. The Balaban J connectivity index is 1.93. The lowest BCUT2D eigenvalue weighted by Gasteiger charge is -2.49. The van der Waals surface area contributed by atoms with Gasteiger partial charge in [-0.05, 0) is 32.2 Å². The molecule has 1 amide bonds. The van der Waals surface area contributed by atoms with Crippen molar-refractivity contribution in [2.45, 2.75) is 44.9 Å². The quantitative estimate of drug-likeness (QED) is 0.868. The summed E-state index contributed by atoms with van der Waals surface area (Å²) >= 11 is 1.62. The maximum atomic E-state index is 12.0. The predicted molar refractivity (Wildman–Crippen MR) is 83.9 cm³/mol. The minimum Gasteiger partial charge on any atom is -0.481 e. The topological polar surface area (TPSA) is 78.9 Å². The summed E-state index contributed by atoms with van der Waals surface area (Å²) in [6, 6.07) is 3.95. The van der Waals surface area contributed by atoms with Crippen molar-refractivity contribution in [2.24, 2.45) is 0 Å². The lowest BCUT2D eigenvalue weighted by atomic mass is 9.86. The van der Waals surface area contributed by atoms with Crippen molar-refractivity contribution in [3.8, 4) is 0 Å². The molecule has 2 N–H and O–H groups in total. The molecule has 1 aromatic heterocycles. The van der Waals surface area contributed by atoms with Crippen LogP contribution in [0.25, 0.3) is 0 Å². The van der Waals surface area contributed by atoms with Crippen LogP contribution in [0.5, 0.6) is 0 Å². The molecule has 22 heavy (non-hydrogen) atoms. The Morgan fingerprint density at radius 2 is 2.14 bits per heavy atom. The van der Waals surface area contributed by atoms with Crippen LogP contribution in [0, 0.1) is 0 Å². The Labute approximate surface area is 134 Å². The minimum absolute atomic E-state index is 0.0162. The van der Waals surface area contributed by atoms with Gasteiger partial charge >= 0.3 is 12.1 Å². The molecule has 2 rings (SSSR count). The first-order chi connectivity index (χ1) is 10.2. The Morgan fingerprint density at radius 3 is 2.64 bits per heavy atom. The number of rotatable bonds is 5. The normalized spacial score (nSPS) is 17.0. The number of carbonyl (C=O) groups is 2. The zero-order valence-corrected chi connectivity index (χ0v) is 13.9. The third-order valence-electron chi connectivity index (χ3n) is 3.35. The van der Waals surface area contributed by atoms with Gasteiger partial charge in [0.2, 0.25) is 0 Å². The standard InChI is InChI=1S/C15H22N2O4S/c1-14(2,3)21-13(20)17-9-15(10-17,7-12(18)19)16-8-11-5-4-6-22-11/h4-6,16H,7-10H2,1-3H3,(H,18,19). The molecule has 1 aliphatic rings. The number of hydrogen-bond donors (Lipinski definition) is 2. The third-order valence-corrected chi connectivity index (χ3v) is 4.22. The van der Waals surface area contributed by atoms with E-state index >= 15 is 0 Å². The molecule has 1 saturated heterocycles. The van der Waals surface area contributed by atoms with Crippen LogP contribution in [0.1, 0.15) is 32.1 Å². The molecule has 0 radical (unpaired) electrons. The van der Waals surface area contributed by atoms with E-state index in [9.17, 15) is 9.59 Å². The zero-order valence-electron chi connectivity index (χ0n) is 13.1. The van der Waals surface area contributed by atoms with Crippen molar-refractivity contribution in [1.82, 2.24) is 10.2 Å². The van der Waals surface area contributed by atoms with Gasteiger partial charge in [-0.3, -0.25) is 4.79 Å². The van der Waals surface area contributed by atoms with E-state index in [-0.39, 0.29) is 6.42 Å². The van der Waals surface area contributed by atoms with Crippen LogP contribution in [-0.4, -0.2) is 46.3 Å². The molecule has 0 unspecified atom stereocenters. The number of nitrogens with zero attached hydrogens (tertiary/aromatic N) is 1. The summed E-state index contributed by atoms with van der Waals surface area (Å²) in [5.74, 6) is -0.873. The Hall–Kier alpha value is -1.60. The largest absolute Gasteiger partial charge is 0.481 e. The van der Waals surface area contributed by atoms with Crippen molar-refractivity contribution >= 4 is 23.4 Å². The molecule has 0 saturated carbocycles. The SMILES string of the molecule is CC(C)(C)OC(=O)N1CC(CC(=O)O)(NCc2cccs2)C1. The van der Waals surface area contributed by atoms with E-state index in [2.05, 4.69) is 5.32 Å². The van der Waals surface area contributed by atoms with Crippen molar-refractivity contribution < 1.29 is 19.4 Å². The Kier molecular flexibility index (Phi) is 4.77. The highest BCUT2D eigenvalue weighted by atomic mass is 32.1. The van der Waals surface area contributed by atoms with Crippen LogP contribution >= 0.6 is 11.3 Å². The lowest BCUT2D eigenvalue weighted by Crippen LogP contribution is -2.71. The van der Waals surface area contributed by atoms with Crippen LogP contribution in [0.15, 0.2) is 17.5 Å². The second-order valence-corrected chi connectivity index (χ2v) is 7.65. The van der Waals surface area contributed by atoms with E-state index in [4.69, 9.17) is 9.84 Å². The molecule has 6 nitrogen and oxygen atoms in total. The van der Waals surface area contributed by atoms with Crippen molar-refractivity contribution in [3.05, 3.63) is 22.4 Å². The first-order valence-electron chi connectivity index (χ1n) is 7.16. The zero-order chi connectivity index (χ0) is 16.4. The molecule has 1 fully saturated rings. The van der Waals surface area contributed by atoms with Crippen molar-refractivity contribution in [2.75, 3.05) is 13.1 Å². The smallest absolute Gasteiger partial charge is 0.410 e. The lowest BCUT2D eigenvalue weighted by molar-refractivity contribution is -0.141. The Morgan fingerprint density at radius 1 is 1.45 bits per heavy atom. The number of ether oxygens (including phenoxy) is 1. The number of hydrogen-bond acceptors (Lipinski definition) is 5. The molecule has 122 valence electrons. The van der Waals surface area contributed by atoms with Gasteiger partial charge in [0.1, 0.15) is 5.60 Å². The molecule has 1 aromatic rings. The van der Waals surface area contributed by atoms with Crippen LogP contribution in [0.3, 0.4) is 0 Å². The molecule has 7 heteroatoms. The highest BCUT2D eigenvalue weighted by Gasteiger charge is 2.47. The number of carbonyl (C=O) groups excluding carboxylic acids is 1. The fraction of sp³-hybridized carbons (Fsp3) is 0.600. The monoisotopic (exact) mass is 326 g/mol. The molecule has 0 spiro atoms. The van der Waals surface area contributed by atoms with E-state index in [0.29, 0.717) is 19.6 Å². The average molecular weight is 326 g/mol. The number of carboxylic acids is 1. The number of nitrogens with one attached hydrogen (secondary N) is 1. The number of aliphatic carboxylic acids is 1. The highest BCUT2D eigenvalue weighted by molar-refractivity contribution is 7.09. The average Bonchev–Trinajstić information content (AvgIpc) is 2.81. The van der Waals surface area contributed by atoms with Gasteiger partial charge in [0.15, 0.2) is 0 Å². The summed E-state index contributed by atoms with van der Waals surface area (Å²) in [7, 11) is 0. The van der Waals surface area contributed by atoms with E-state index in [1.807, 2.05) is 38.3 Å². The van der Waals surface area contributed by atoms with Gasteiger partial charge in [-0.2, -0.15) is 0 Å². The molecular weight excluding hydrogens is 304 g/mol. The van der Waals surface area contributed by atoms with Crippen molar-refractivity contribution in [1.29, 1.82) is 0 Å². The summed E-state index contributed by atoms with van der Waals surface area (Å²) in [5.41, 5.74) is -1.13. The Bertz CT molecular complexity index is 530. The van der Waals surface area contributed by atoms with E-state index in [1.165, 1.54) is 4.90 Å². The minimum atomic E-state index is -0.873. The molecule has 1 aliphatic heterocycles. The molecule has 0 bridgehead atoms. The third kappa shape index (κ3) is 4.45. The summed E-state index contributed by atoms with van der Waals surface area (Å²) in [6.45, 7) is 6.73. The van der Waals surface area contributed by atoms with Gasteiger partial charge < -0.3 is 20.1 Å². The van der Waals surface area contributed by atoms with Crippen molar-refractivity contribution in [3.63, 3.8) is 0 Å². The molecule has 0 aromatic carbocycles. The van der Waals surface area contributed by atoms with Crippen LogP contribution < -0.4 is 5.32 Å². The summed E-state index contributed by atoms with van der Waals surface area (Å²) in [6.07, 6.45) is -0.413. The van der Waals surface area contributed by atoms with Gasteiger partial charge in [-0.25, -0.2) is 4.79 Å².